The zero-order valence-corrected chi connectivity index (χ0v) is 8.83. The van der Waals surface area contributed by atoms with Crippen molar-refractivity contribution in [2.75, 3.05) is 33.4 Å². The maximum absolute atomic E-state index is 5.63. The van der Waals surface area contributed by atoms with E-state index in [4.69, 9.17) is 10.5 Å². The molecule has 78 valence electrons. The van der Waals surface area contributed by atoms with Crippen LogP contribution in [0.15, 0.2) is 0 Å². The van der Waals surface area contributed by atoms with Gasteiger partial charge in [-0.25, -0.2) is 0 Å². The Morgan fingerprint density at radius 1 is 1.46 bits per heavy atom. The highest BCUT2D eigenvalue weighted by Crippen LogP contribution is 2.18. The van der Waals surface area contributed by atoms with E-state index in [2.05, 4.69) is 11.8 Å². The van der Waals surface area contributed by atoms with Crippen LogP contribution in [0.2, 0.25) is 0 Å². The molecule has 13 heavy (non-hydrogen) atoms. The summed E-state index contributed by atoms with van der Waals surface area (Å²) in [7, 11) is 1.79. The molecular formula is C10H22N2O. The first-order valence-electron chi connectivity index (χ1n) is 5.21. The van der Waals surface area contributed by atoms with E-state index in [1.165, 1.54) is 25.9 Å². The van der Waals surface area contributed by atoms with Gasteiger partial charge in [-0.3, -0.25) is 4.90 Å². The summed E-state index contributed by atoms with van der Waals surface area (Å²) in [6.07, 6.45) is 2.52. The van der Waals surface area contributed by atoms with Crippen LogP contribution in [0.5, 0.6) is 0 Å². The molecule has 0 aromatic rings. The Hall–Kier alpha value is -0.120. The number of likely N-dealkylation sites (tertiary alicyclic amines) is 1. The molecule has 0 amide bonds. The molecule has 3 nitrogen and oxygen atoms in total. The highest BCUT2D eigenvalue weighted by molar-refractivity contribution is 4.76. The molecule has 1 saturated heterocycles. The van der Waals surface area contributed by atoms with Gasteiger partial charge in [-0.1, -0.05) is 0 Å². The Morgan fingerprint density at radius 3 is 2.54 bits per heavy atom. The molecule has 0 bridgehead atoms. The van der Waals surface area contributed by atoms with Gasteiger partial charge in [0.25, 0.3) is 0 Å². The minimum atomic E-state index is 0.545. The summed E-state index contributed by atoms with van der Waals surface area (Å²) in [4.78, 5) is 2.48. The Bertz CT molecular complexity index is 133. The second-order valence-corrected chi connectivity index (χ2v) is 4.02. The van der Waals surface area contributed by atoms with Crippen molar-refractivity contribution < 1.29 is 4.74 Å². The zero-order chi connectivity index (χ0) is 9.68. The summed E-state index contributed by atoms with van der Waals surface area (Å²) in [6, 6.07) is 0.545. The molecule has 0 radical (unpaired) electrons. The van der Waals surface area contributed by atoms with Crippen LogP contribution in [0.4, 0.5) is 0 Å². The van der Waals surface area contributed by atoms with Gasteiger partial charge in [-0.05, 0) is 38.8 Å². The summed E-state index contributed by atoms with van der Waals surface area (Å²) in [5.74, 6) is 0.770. The van der Waals surface area contributed by atoms with Gasteiger partial charge in [0.1, 0.15) is 0 Å². The topological polar surface area (TPSA) is 38.5 Å². The molecule has 1 heterocycles. The number of hydrogen-bond acceptors (Lipinski definition) is 3. The molecule has 1 aliphatic heterocycles. The third-order valence-corrected chi connectivity index (χ3v) is 3.02. The van der Waals surface area contributed by atoms with Crippen LogP contribution in [0.1, 0.15) is 19.8 Å². The van der Waals surface area contributed by atoms with E-state index >= 15 is 0 Å². The molecule has 0 saturated carbocycles. The van der Waals surface area contributed by atoms with Crippen LogP contribution >= 0.6 is 0 Å². The van der Waals surface area contributed by atoms with Crippen molar-refractivity contribution in [2.45, 2.75) is 25.8 Å². The van der Waals surface area contributed by atoms with Gasteiger partial charge in [0.05, 0.1) is 0 Å². The summed E-state index contributed by atoms with van der Waals surface area (Å²) < 4.78 is 5.16. The third kappa shape index (κ3) is 3.25. The monoisotopic (exact) mass is 186 g/mol. The highest BCUT2D eigenvalue weighted by atomic mass is 16.5. The van der Waals surface area contributed by atoms with Crippen molar-refractivity contribution in [1.82, 2.24) is 4.90 Å². The van der Waals surface area contributed by atoms with E-state index < -0.39 is 0 Å². The zero-order valence-electron chi connectivity index (χ0n) is 8.83. The molecule has 2 N–H and O–H groups in total. The first-order valence-corrected chi connectivity index (χ1v) is 5.21. The van der Waals surface area contributed by atoms with Gasteiger partial charge in [-0.15, -0.1) is 0 Å². The first kappa shape index (κ1) is 11.0. The highest BCUT2D eigenvalue weighted by Gasteiger charge is 2.21. The Balaban J connectivity index is 2.22. The molecule has 1 rings (SSSR count). The second-order valence-electron chi connectivity index (χ2n) is 4.02. The van der Waals surface area contributed by atoms with Gasteiger partial charge < -0.3 is 10.5 Å². The Kier molecular flexibility index (Phi) is 4.70. The lowest BCUT2D eigenvalue weighted by atomic mass is 9.97. The fourth-order valence-corrected chi connectivity index (χ4v) is 1.95. The molecule has 1 fully saturated rings. The largest absolute Gasteiger partial charge is 0.384 e. The summed E-state index contributed by atoms with van der Waals surface area (Å²) >= 11 is 0. The van der Waals surface area contributed by atoms with Crippen molar-refractivity contribution in [1.29, 1.82) is 0 Å². The molecule has 0 aliphatic carbocycles. The maximum atomic E-state index is 5.63. The average molecular weight is 186 g/mol. The van der Waals surface area contributed by atoms with Crippen molar-refractivity contribution >= 4 is 0 Å². The third-order valence-electron chi connectivity index (χ3n) is 3.02. The molecule has 0 aromatic carbocycles. The quantitative estimate of drug-likeness (QED) is 0.702. The van der Waals surface area contributed by atoms with Gasteiger partial charge in [-0.2, -0.15) is 0 Å². The molecule has 1 aliphatic rings. The molecule has 0 spiro atoms. The first-order chi connectivity index (χ1) is 6.27. The Morgan fingerprint density at radius 2 is 2.08 bits per heavy atom. The lowest BCUT2D eigenvalue weighted by Gasteiger charge is -2.35. The number of piperidine rings is 1. The lowest BCUT2D eigenvalue weighted by molar-refractivity contribution is 0.0850. The maximum Gasteiger partial charge on any atom is 0.0491 e. The number of methoxy groups -OCH3 is 1. The van der Waals surface area contributed by atoms with Crippen molar-refractivity contribution in [3.63, 3.8) is 0 Å². The molecular weight excluding hydrogens is 164 g/mol. The molecule has 0 aromatic heterocycles. The van der Waals surface area contributed by atoms with Crippen molar-refractivity contribution in [2.24, 2.45) is 11.7 Å². The minimum absolute atomic E-state index is 0.545. The van der Waals surface area contributed by atoms with E-state index in [-0.39, 0.29) is 0 Å². The number of hydrogen-bond donors (Lipinski definition) is 1. The van der Waals surface area contributed by atoms with E-state index in [1.807, 2.05) is 0 Å². The van der Waals surface area contributed by atoms with Gasteiger partial charge >= 0.3 is 0 Å². The van der Waals surface area contributed by atoms with Crippen LogP contribution in [0.3, 0.4) is 0 Å². The van der Waals surface area contributed by atoms with Gasteiger partial charge in [0.15, 0.2) is 0 Å². The van der Waals surface area contributed by atoms with Crippen LogP contribution in [-0.2, 0) is 4.74 Å². The van der Waals surface area contributed by atoms with Crippen molar-refractivity contribution in [3.05, 3.63) is 0 Å². The fourth-order valence-electron chi connectivity index (χ4n) is 1.95. The predicted octanol–water partition coefficient (Wildman–Crippen LogP) is 0.692. The fraction of sp³-hybridized carbons (Fsp3) is 1.00. The standard InChI is InChI=1S/C10H22N2O/c1-9(7-11)12-5-3-10(4-6-12)8-13-2/h9-10H,3-8,11H2,1-2H3. The number of nitrogens with zero attached hydrogens (tertiary/aromatic N) is 1. The minimum Gasteiger partial charge on any atom is -0.384 e. The molecule has 1 unspecified atom stereocenters. The van der Waals surface area contributed by atoms with Crippen LogP contribution in [0.25, 0.3) is 0 Å². The average Bonchev–Trinajstić information content (AvgIpc) is 2.18. The Labute approximate surface area is 81.2 Å². The van der Waals surface area contributed by atoms with Crippen molar-refractivity contribution in [3.8, 4) is 0 Å². The lowest BCUT2D eigenvalue weighted by Crippen LogP contribution is -2.44. The van der Waals surface area contributed by atoms with Crippen LogP contribution in [-0.4, -0.2) is 44.3 Å². The van der Waals surface area contributed by atoms with Crippen LogP contribution in [0, 0.1) is 5.92 Å². The van der Waals surface area contributed by atoms with Gasteiger partial charge in [0, 0.05) is 26.3 Å². The number of rotatable bonds is 4. The number of nitrogens with two attached hydrogens (primary N) is 1. The smallest absolute Gasteiger partial charge is 0.0491 e. The van der Waals surface area contributed by atoms with E-state index in [9.17, 15) is 0 Å². The second kappa shape index (κ2) is 5.58. The summed E-state index contributed by atoms with van der Waals surface area (Å²) in [6.45, 7) is 6.27. The van der Waals surface area contributed by atoms with Crippen LogP contribution < -0.4 is 5.73 Å². The summed E-state index contributed by atoms with van der Waals surface area (Å²) in [5.41, 5.74) is 5.63. The molecule has 1 atom stereocenters. The SMILES string of the molecule is COCC1CCN(C(C)CN)CC1. The molecule has 3 heteroatoms. The van der Waals surface area contributed by atoms with E-state index in [0.29, 0.717) is 6.04 Å². The predicted molar refractivity (Wildman–Crippen MR) is 54.7 cm³/mol. The van der Waals surface area contributed by atoms with Gasteiger partial charge in [0.2, 0.25) is 0 Å². The number of ether oxygens (including phenoxy) is 1. The summed E-state index contributed by atoms with van der Waals surface area (Å²) in [5, 5.41) is 0. The van der Waals surface area contributed by atoms with E-state index in [0.717, 1.165) is 19.1 Å². The van der Waals surface area contributed by atoms with E-state index in [1.54, 1.807) is 7.11 Å². The normalized spacial score (nSPS) is 23.3.